The molecule has 0 spiro atoms. The van der Waals surface area contributed by atoms with Gasteiger partial charge >= 0.3 is 0 Å². The summed E-state index contributed by atoms with van der Waals surface area (Å²) in [5.74, 6) is -1.17. The van der Waals surface area contributed by atoms with Gasteiger partial charge in [-0.05, 0) is 24.6 Å². The Hall–Kier alpha value is -0.260. The fourth-order valence-electron chi connectivity index (χ4n) is 2.23. The molecule has 2 rings (SSSR count). The maximum absolute atomic E-state index is 12.2. The van der Waals surface area contributed by atoms with Gasteiger partial charge < -0.3 is 0 Å². The first-order chi connectivity index (χ1) is 9.06. The van der Waals surface area contributed by atoms with Crippen LogP contribution >= 0.6 is 23.5 Å². The third-order valence-corrected chi connectivity index (χ3v) is 5.61. The Balaban J connectivity index is 1.95. The minimum atomic E-state index is -2.34. The van der Waals surface area contributed by atoms with Crippen LogP contribution in [0.3, 0.4) is 0 Å². The van der Waals surface area contributed by atoms with Gasteiger partial charge in [-0.1, -0.05) is 30.8 Å². The molecule has 1 heterocycles. The topological polar surface area (TPSA) is 3.24 Å². The molecular formula is C14H19F2NS2. The molecule has 106 valence electrons. The summed E-state index contributed by atoms with van der Waals surface area (Å²) < 4.78 is 24.5. The Morgan fingerprint density at radius 1 is 1.32 bits per heavy atom. The van der Waals surface area contributed by atoms with E-state index in [4.69, 9.17) is 0 Å². The Morgan fingerprint density at radius 2 is 2.00 bits per heavy atom. The van der Waals surface area contributed by atoms with Gasteiger partial charge in [0.15, 0.2) is 0 Å². The molecule has 0 N–H and O–H groups in total. The Morgan fingerprint density at radius 3 is 2.63 bits per heavy atom. The molecule has 1 aliphatic rings. The third kappa shape index (κ3) is 4.36. The predicted octanol–water partition coefficient (Wildman–Crippen LogP) is 4.33. The molecule has 0 bridgehead atoms. The molecule has 1 saturated heterocycles. The molecule has 0 saturated carbocycles. The fourth-order valence-corrected chi connectivity index (χ4v) is 3.89. The molecule has 1 aliphatic heterocycles. The summed E-state index contributed by atoms with van der Waals surface area (Å²) in [6.07, 6.45) is 0. The first-order valence-electron chi connectivity index (χ1n) is 6.45. The Bertz CT molecular complexity index is 397. The van der Waals surface area contributed by atoms with Crippen molar-refractivity contribution < 1.29 is 8.78 Å². The van der Waals surface area contributed by atoms with E-state index in [1.54, 1.807) is 12.1 Å². The summed E-state index contributed by atoms with van der Waals surface area (Å²) in [5, 5.41) is 0.655. The number of benzene rings is 1. The summed E-state index contributed by atoms with van der Waals surface area (Å²) in [6, 6.07) is 8.07. The molecule has 0 aliphatic carbocycles. The molecule has 5 heteroatoms. The molecule has 19 heavy (non-hydrogen) atoms. The van der Waals surface area contributed by atoms with Crippen molar-refractivity contribution in [3.8, 4) is 0 Å². The second-order valence-electron chi connectivity index (χ2n) is 4.81. The monoisotopic (exact) mass is 303 g/mol. The maximum atomic E-state index is 12.2. The molecule has 0 aromatic heterocycles. The number of halogens is 2. The number of thioether (sulfide) groups is 2. The summed E-state index contributed by atoms with van der Waals surface area (Å²) >= 11 is 2.63. The zero-order valence-corrected chi connectivity index (χ0v) is 12.8. The summed E-state index contributed by atoms with van der Waals surface area (Å²) in [5.41, 5.74) is 1.20. The van der Waals surface area contributed by atoms with Gasteiger partial charge in [0.1, 0.15) is 0 Å². The highest BCUT2D eigenvalue weighted by atomic mass is 32.2. The molecule has 1 nitrogen and oxygen atoms in total. The van der Waals surface area contributed by atoms with Crippen molar-refractivity contribution in [1.29, 1.82) is 0 Å². The first kappa shape index (κ1) is 15.1. The highest BCUT2D eigenvalue weighted by Gasteiger charge is 2.24. The van der Waals surface area contributed by atoms with Crippen molar-refractivity contribution in [2.75, 3.05) is 12.3 Å². The van der Waals surface area contributed by atoms with Crippen molar-refractivity contribution in [2.45, 2.75) is 42.3 Å². The van der Waals surface area contributed by atoms with E-state index in [1.165, 1.54) is 11.3 Å². The largest absolute Gasteiger partial charge is 0.295 e. The SMILES string of the molecule is CC1SCCN(Cc2ccc(SC(F)F)cc2)C1C. The minimum absolute atomic E-state index is 0.564. The quantitative estimate of drug-likeness (QED) is 0.762. The van der Waals surface area contributed by atoms with Crippen LogP contribution in [-0.2, 0) is 6.54 Å². The molecule has 2 unspecified atom stereocenters. The van der Waals surface area contributed by atoms with Gasteiger partial charge in [-0.2, -0.15) is 20.5 Å². The van der Waals surface area contributed by atoms with Gasteiger partial charge in [-0.25, -0.2) is 0 Å². The van der Waals surface area contributed by atoms with Crippen LogP contribution in [0.1, 0.15) is 19.4 Å². The van der Waals surface area contributed by atoms with Crippen LogP contribution in [0.5, 0.6) is 0 Å². The number of hydrogen-bond donors (Lipinski definition) is 0. The van der Waals surface area contributed by atoms with E-state index >= 15 is 0 Å². The average Bonchev–Trinajstić information content (AvgIpc) is 2.37. The lowest BCUT2D eigenvalue weighted by Crippen LogP contribution is -2.43. The van der Waals surface area contributed by atoms with Crippen LogP contribution < -0.4 is 0 Å². The molecule has 0 radical (unpaired) electrons. The Kier molecular flexibility index (Phi) is 5.54. The van der Waals surface area contributed by atoms with Crippen LogP contribution in [0.25, 0.3) is 0 Å². The van der Waals surface area contributed by atoms with Crippen LogP contribution in [-0.4, -0.2) is 34.2 Å². The van der Waals surface area contributed by atoms with E-state index in [2.05, 4.69) is 18.7 Å². The average molecular weight is 303 g/mol. The fraction of sp³-hybridized carbons (Fsp3) is 0.571. The van der Waals surface area contributed by atoms with Crippen molar-refractivity contribution in [2.24, 2.45) is 0 Å². The molecule has 0 amide bonds. The normalized spacial score (nSPS) is 24.9. The van der Waals surface area contributed by atoms with Crippen molar-refractivity contribution >= 4 is 23.5 Å². The number of hydrogen-bond acceptors (Lipinski definition) is 3. The van der Waals surface area contributed by atoms with Crippen LogP contribution in [0, 0.1) is 0 Å². The summed E-state index contributed by atoms with van der Waals surface area (Å²) in [6.45, 7) is 6.54. The van der Waals surface area contributed by atoms with Gasteiger partial charge in [-0.15, -0.1) is 0 Å². The molecule has 1 aromatic carbocycles. The number of alkyl halides is 2. The van der Waals surface area contributed by atoms with Crippen LogP contribution in [0.2, 0.25) is 0 Å². The second-order valence-corrected chi connectivity index (χ2v) is 7.36. The van der Waals surface area contributed by atoms with E-state index in [1.807, 2.05) is 23.9 Å². The summed E-state index contributed by atoms with van der Waals surface area (Å²) in [7, 11) is 0. The zero-order valence-electron chi connectivity index (χ0n) is 11.2. The summed E-state index contributed by atoms with van der Waals surface area (Å²) in [4.78, 5) is 3.10. The van der Waals surface area contributed by atoms with E-state index in [-0.39, 0.29) is 0 Å². The van der Waals surface area contributed by atoms with Crippen LogP contribution in [0.4, 0.5) is 8.78 Å². The minimum Gasteiger partial charge on any atom is -0.295 e. The lowest BCUT2D eigenvalue weighted by atomic mass is 10.1. The van der Waals surface area contributed by atoms with E-state index in [0.717, 1.165) is 13.1 Å². The first-order valence-corrected chi connectivity index (χ1v) is 8.38. The van der Waals surface area contributed by atoms with Gasteiger partial charge in [0.2, 0.25) is 0 Å². The standard InChI is InChI=1S/C14H19F2NS2/c1-10-11(2)18-8-7-17(10)9-12-3-5-13(6-4-12)19-14(15)16/h3-6,10-11,14H,7-9H2,1-2H3. The predicted molar refractivity (Wildman–Crippen MR) is 80.1 cm³/mol. The molecular weight excluding hydrogens is 284 g/mol. The lowest BCUT2D eigenvalue weighted by Gasteiger charge is -2.37. The van der Waals surface area contributed by atoms with Crippen molar-refractivity contribution in [3.63, 3.8) is 0 Å². The molecule has 1 aromatic rings. The molecule has 2 atom stereocenters. The van der Waals surface area contributed by atoms with Crippen molar-refractivity contribution in [1.82, 2.24) is 4.90 Å². The van der Waals surface area contributed by atoms with Gasteiger partial charge in [0.05, 0.1) is 0 Å². The van der Waals surface area contributed by atoms with Crippen molar-refractivity contribution in [3.05, 3.63) is 29.8 Å². The third-order valence-electron chi connectivity index (χ3n) is 3.55. The lowest BCUT2D eigenvalue weighted by molar-refractivity contribution is 0.204. The smallest absolute Gasteiger partial charge is 0.288 e. The van der Waals surface area contributed by atoms with Gasteiger partial charge in [-0.3, -0.25) is 4.90 Å². The highest BCUT2D eigenvalue weighted by molar-refractivity contribution is 8.00. The Labute approximate surface area is 122 Å². The van der Waals surface area contributed by atoms with E-state index in [0.29, 0.717) is 27.9 Å². The van der Waals surface area contributed by atoms with Gasteiger partial charge in [0, 0.05) is 35.0 Å². The highest BCUT2D eigenvalue weighted by Crippen LogP contribution is 2.27. The second kappa shape index (κ2) is 6.95. The number of rotatable bonds is 4. The van der Waals surface area contributed by atoms with Crippen LogP contribution in [0.15, 0.2) is 29.2 Å². The maximum Gasteiger partial charge on any atom is 0.288 e. The molecule has 1 fully saturated rings. The van der Waals surface area contributed by atoms with Gasteiger partial charge in [0.25, 0.3) is 5.76 Å². The number of nitrogens with zero attached hydrogens (tertiary/aromatic N) is 1. The van der Waals surface area contributed by atoms with E-state index in [9.17, 15) is 8.78 Å². The zero-order chi connectivity index (χ0) is 13.8. The van der Waals surface area contributed by atoms with E-state index < -0.39 is 5.76 Å².